The first-order chi connectivity index (χ1) is 15.9. The molecule has 4 aromatic rings. The van der Waals surface area contributed by atoms with Gasteiger partial charge < -0.3 is 9.47 Å². The maximum absolute atomic E-state index is 13.4. The van der Waals surface area contributed by atoms with Gasteiger partial charge in [-0.15, -0.1) is 10.2 Å². The first-order valence-corrected chi connectivity index (χ1v) is 10.9. The molecule has 0 spiro atoms. The van der Waals surface area contributed by atoms with Gasteiger partial charge in [0.15, 0.2) is 22.5 Å². The number of para-hydroxylation sites is 1. The van der Waals surface area contributed by atoms with Crippen molar-refractivity contribution in [3.63, 3.8) is 0 Å². The molecule has 0 aliphatic rings. The fraction of sp³-hybridized carbons (Fsp3) is 0.167. The Balaban J connectivity index is 1.75. The lowest BCUT2D eigenvalue weighted by molar-refractivity contribution is -0.138. The average molecular weight is 472 g/mol. The molecule has 1 heterocycles. The molecule has 9 heteroatoms. The van der Waals surface area contributed by atoms with Crippen molar-refractivity contribution in [3.8, 4) is 28.6 Å². The molecule has 170 valence electrons. The monoisotopic (exact) mass is 471 g/mol. The second-order valence-electron chi connectivity index (χ2n) is 6.99. The van der Waals surface area contributed by atoms with Crippen LogP contribution in [0.3, 0.4) is 0 Å². The van der Waals surface area contributed by atoms with E-state index in [-0.39, 0.29) is 11.3 Å². The summed E-state index contributed by atoms with van der Waals surface area (Å²) >= 11 is 1.19. The van der Waals surface area contributed by atoms with E-state index in [1.54, 1.807) is 32.4 Å². The third kappa shape index (κ3) is 4.83. The molecule has 0 bridgehead atoms. The first-order valence-electron chi connectivity index (χ1n) is 9.93. The van der Waals surface area contributed by atoms with Gasteiger partial charge in [0.2, 0.25) is 0 Å². The minimum Gasteiger partial charge on any atom is -0.493 e. The number of nitrogens with zero attached hydrogens (tertiary/aromatic N) is 3. The molecule has 0 radical (unpaired) electrons. The van der Waals surface area contributed by atoms with Crippen molar-refractivity contribution in [1.82, 2.24) is 14.8 Å². The van der Waals surface area contributed by atoms with Crippen molar-refractivity contribution in [1.29, 1.82) is 0 Å². The molecule has 4 rings (SSSR count). The number of thioether (sulfide) groups is 1. The summed E-state index contributed by atoms with van der Waals surface area (Å²) in [6, 6.07) is 20.4. The topological polar surface area (TPSA) is 49.2 Å². The van der Waals surface area contributed by atoms with E-state index in [1.165, 1.54) is 23.9 Å². The molecule has 0 aliphatic heterocycles. The molecule has 0 N–H and O–H groups in total. The van der Waals surface area contributed by atoms with Gasteiger partial charge in [0.1, 0.15) is 0 Å². The highest BCUT2D eigenvalue weighted by atomic mass is 32.2. The molecule has 0 fully saturated rings. The largest absolute Gasteiger partial charge is 0.493 e. The number of aromatic nitrogens is 3. The average Bonchev–Trinajstić information content (AvgIpc) is 3.26. The third-order valence-electron chi connectivity index (χ3n) is 4.97. The van der Waals surface area contributed by atoms with Gasteiger partial charge in [0.05, 0.1) is 19.8 Å². The van der Waals surface area contributed by atoms with Gasteiger partial charge in [0.25, 0.3) is 0 Å². The Kier molecular flexibility index (Phi) is 6.60. The summed E-state index contributed by atoms with van der Waals surface area (Å²) in [4.78, 5) is 0. The molecule has 0 saturated carbocycles. The summed E-state index contributed by atoms with van der Waals surface area (Å²) in [5.74, 6) is 1.73. The van der Waals surface area contributed by atoms with Gasteiger partial charge in [-0.05, 0) is 42.0 Å². The van der Waals surface area contributed by atoms with Crippen LogP contribution in [0.25, 0.3) is 17.1 Å². The lowest BCUT2D eigenvalue weighted by atomic mass is 10.1. The number of hydrogen-bond donors (Lipinski definition) is 0. The minimum absolute atomic E-state index is 0.0899. The highest BCUT2D eigenvalue weighted by Crippen LogP contribution is 2.37. The van der Waals surface area contributed by atoms with Crippen molar-refractivity contribution in [2.24, 2.45) is 0 Å². The van der Waals surface area contributed by atoms with E-state index >= 15 is 0 Å². The van der Waals surface area contributed by atoms with Crippen LogP contribution < -0.4 is 9.47 Å². The summed E-state index contributed by atoms with van der Waals surface area (Å²) in [5, 5.41) is 9.12. The van der Waals surface area contributed by atoms with Crippen LogP contribution in [-0.4, -0.2) is 29.0 Å². The van der Waals surface area contributed by atoms with Gasteiger partial charge in [-0.2, -0.15) is 13.2 Å². The second kappa shape index (κ2) is 9.58. The second-order valence-corrected chi connectivity index (χ2v) is 7.93. The van der Waals surface area contributed by atoms with E-state index in [0.29, 0.717) is 22.5 Å². The van der Waals surface area contributed by atoms with E-state index < -0.39 is 11.7 Å². The van der Waals surface area contributed by atoms with E-state index in [9.17, 15) is 13.2 Å². The molecular formula is C24H20F3N3O2S. The first kappa shape index (κ1) is 22.7. The fourth-order valence-electron chi connectivity index (χ4n) is 3.40. The van der Waals surface area contributed by atoms with Gasteiger partial charge in [0, 0.05) is 17.0 Å². The predicted octanol–water partition coefficient (Wildman–Crippen LogP) is 6.26. The molecular weight excluding hydrogens is 451 g/mol. The fourth-order valence-corrected chi connectivity index (χ4v) is 4.36. The van der Waals surface area contributed by atoms with Crippen LogP contribution in [0.1, 0.15) is 11.1 Å². The Bertz CT molecular complexity index is 1240. The molecule has 0 amide bonds. The molecule has 5 nitrogen and oxygen atoms in total. The van der Waals surface area contributed by atoms with Crippen LogP contribution in [0.5, 0.6) is 11.5 Å². The third-order valence-corrected chi connectivity index (χ3v) is 5.95. The van der Waals surface area contributed by atoms with Crippen LogP contribution >= 0.6 is 11.8 Å². The molecule has 1 aromatic heterocycles. The Morgan fingerprint density at radius 2 is 1.55 bits per heavy atom. The van der Waals surface area contributed by atoms with Crippen molar-refractivity contribution in [2.75, 3.05) is 14.2 Å². The quantitative estimate of drug-likeness (QED) is 0.298. The molecule has 0 atom stereocenters. The zero-order chi connectivity index (χ0) is 23.4. The number of ether oxygens (including phenoxy) is 2. The van der Waals surface area contributed by atoms with Crippen LogP contribution in [0, 0.1) is 0 Å². The summed E-state index contributed by atoms with van der Waals surface area (Å²) in [7, 11) is 3.10. The highest BCUT2D eigenvalue weighted by Gasteiger charge is 2.33. The van der Waals surface area contributed by atoms with Gasteiger partial charge >= 0.3 is 6.18 Å². The highest BCUT2D eigenvalue weighted by molar-refractivity contribution is 7.98. The molecule has 0 aliphatic carbocycles. The van der Waals surface area contributed by atoms with Crippen LogP contribution in [0.4, 0.5) is 13.2 Å². The van der Waals surface area contributed by atoms with E-state index in [2.05, 4.69) is 10.2 Å². The van der Waals surface area contributed by atoms with Crippen molar-refractivity contribution in [3.05, 3.63) is 83.9 Å². The van der Waals surface area contributed by atoms with Crippen LogP contribution in [0.15, 0.2) is 78.0 Å². The van der Waals surface area contributed by atoms with Crippen molar-refractivity contribution >= 4 is 11.8 Å². The zero-order valence-corrected chi connectivity index (χ0v) is 18.7. The van der Waals surface area contributed by atoms with Gasteiger partial charge in [-0.1, -0.05) is 48.2 Å². The van der Waals surface area contributed by atoms with Crippen LogP contribution in [-0.2, 0) is 11.9 Å². The SMILES string of the molecule is COc1ccc(-c2nnc(SCc3ccccc3C(F)(F)F)n2-c2ccccc2)cc1OC. The van der Waals surface area contributed by atoms with Crippen molar-refractivity contribution in [2.45, 2.75) is 17.1 Å². The Morgan fingerprint density at radius 1 is 0.848 bits per heavy atom. The van der Waals surface area contributed by atoms with Crippen LogP contribution in [0.2, 0.25) is 0 Å². The number of benzene rings is 3. The predicted molar refractivity (Wildman–Crippen MR) is 121 cm³/mol. The van der Waals surface area contributed by atoms with Gasteiger partial charge in [-0.25, -0.2) is 0 Å². The number of alkyl halides is 3. The Morgan fingerprint density at radius 3 is 2.24 bits per heavy atom. The normalized spacial score (nSPS) is 11.4. The maximum Gasteiger partial charge on any atom is 0.416 e. The lowest BCUT2D eigenvalue weighted by Crippen LogP contribution is -2.08. The molecule has 0 saturated heterocycles. The number of hydrogen-bond acceptors (Lipinski definition) is 5. The van der Waals surface area contributed by atoms with Crippen molar-refractivity contribution < 1.29 is 22.6 Å². The molecule has 33 heavy (non-hydrogen) atoms. The summed E-state index contributed by atoms with van der Waals surface area (Å²) in [6.45, 7) is 0. The summed E-state index contributed by atoms with van der Waals surface area (Å²) in [5.41, 5.74) is 1.05. The Labute approximate surface area is 193 Å². The number of rotatable bonds is 7. The van der Waals surface area contributed by atoms with Gasteiger partial charge in [-0.3, -0.25) is 4.57 Å². The summed E-state index contributed by atoms with van der Waals surface area (Å²) in [6.07, 6.45) is -4.42. The zero-order valence-electron chi connectivity index (χ0n) is 17.8. The van der Waals surface area contributed by atoms with E-state index in [0.717, 1.165) is 17.3 Å². The lowest BCUT2D eigenvalue weighted by Gasteiger charge is -2.14. The molecule has 3 aromatic carbocycles. The molecule has 0 unspecified atom stereocenters. The smallest absolute Gasteiger partial charge is 0.416 e. The van der Waals surface area contributed by atoms with E-state index in [1.807, 2.05) is 41.0 Å². The summed E-state index contributed by atoms with van der Waals surface area (Å²) < 4.78 is 52.8. The number of methoxy groups -OCH3 is 2. The Hall–Kier alpha value is -3.46. The number of halogens is 3. The maximum atomic E-state index is 13.4. The van der Waals surface area contributed by atoms with E-state index in [4.69, 9.17) is 9.47 Å². The minimum atomic E-state index is -4.42. The standard InChI is InChI=1S/C24H20F3N3O2S/c1-31-20-13-12-16(14-21(20)32-2)22-28-29-23(30(22)18-9-4-3-5-10-18)33-15-17-8-6-7-11-19(17)24(25,26)27/h3-14H,15H2,1-2H3.